The molecule has 0 fully saturated rings. The fourth-order valence-electron chi connectivity index (χ4n) is 2.81. The molecule has 2 N–H and O–H groups in total. The number of benzene rings is 2. The predicted octanol–water partition coefficient (Wildman–Crippen LogP) is 3.68. The van der Waals surface area contributed by atoms with Crippen molar-refractivity contribution in [2.75, 3.05) is 0 Å². The topological polar surface area (TPSA) is 96.0 Å². The number of hydrogen-bond donors (Lipinski definition) is 2. The zero-order valence-corrected chi connectivity index (χ0v) is 14.9. The predicted molar refractivity (Wildman–Crippen MR) is 102 cm³/mol. The van der Waals surface area contributed by atoms with E-state index in [2.05, 4.69) is 15.5 Å². The number of para-hydroxylation sites is 1. The van der Waals surface area contributed by atoms with Crippen molar-refractivity contribution in [3.63, 3.8) is 0 Å². The number of amides is 2. The fraction of sp³-hybridized carbons (Fsp3) is 0.200. The third-order valence-corrected chi connectivity index (χ3v) is 4.10. The van der Waals surface area contributed by atoms with Crippen LogP contribution >= 0.6 is 0 Å². The second-order valence-corrected chi connectivity index (χ2v) is 6.01. The molecule has 7 heteroatoms. The lowest BCUT2D eigenvalue weighted by atomic mass is 10.2. The smallest absolute Gasteiger partial charge is 0.353 e. The number of rotatable bonds is 5. The maximum Gasteiger partial charge on any atom is 0.353 e. The van der Waals surface area contributed by atoms with Crippen LogP contribution < -0.4 is 5.32 Å². The van der Waals surface area contributed by atoms with Crippen molar-refractivity contribution in [1.29, 1.82) is 0 Å². The lowest BCUT2D eigenvalue weighted by Gasteiger charge is -2.03. The molecule has 0 radical (unpaired) electrons. The van der Waals surface area contributed by atoms with Gasteiger partial charge in [-0.05, 0) is 18.1 Å². The molecule has 138 valence electrons. The maximum absolute atomic E-state index is 12.0. The number of azo groups is 1. The molecule has 3 aromatic rings. The van der Waals surface area contributed by atoms with E-state index in [-0.39, 0.29) is 18.1 Å². The van der Waals surface area contributed by atoms with Gasteiger partial charge in [-0.25, -0.2) is 0 Å². The first-order valence-electron chi connectivity index (χ1n) is 8.69. The van der Waals surface area contributed by atoms with Crippen molar-refractivity contribution in [3.05, 3.63) is 60.2 Å². The van der Waals surface area contributed by atoms with Gasteiger partial charge in [0, 0.05) is 18.5 Å². The summed E-state index contributed by atoms with van der Waals surface area (Å²) in [5.74, 6) is -1.93. The van der Waals surface area contributed by atoms with Gasteiger partial charge in [0.1, 0.15) is 0 Å². The molecule has 0 saturated carbocycles. The van der Waals surface area contributed by atoms with Gasteiger partial charge in [0.25, 0.3) is 0 Å². The van der Waals surface area contributed by atoms with Crippen LogP contribution in [-0.2, 0) is 22.7 Å². The number of aromatic nitrogens is 1. The highest BCUT2D eigenvalue weighted by Gasteiger charge is 2.17. The summed E-state index contributed by atoms with van der Waals surface area (Å²) in [5, 5.41) is 21.0. The van der Waals surface area contributed by atoms with E-state index in [1.165, 1.54) is 0 Å². The first-order valence-corrected chi connectivity index (χ1v) is 8.69. The third-order valence-electron chi connectivity index (χ3n) is 4.10. The van der Waals surface area contributed by atoms with Crippen LogP contribution in [0.25, 0.3) is 10.9 Å². The first-order chi connectivity index (χ1) is 13.1. The van der Waals surface area contributed by atoms with Crippen LogP contribution in [0.4, 0.5) is 5.69 Å². The van der Waals surface area contributed by atoms with E-state index in [4.69, 9.17) is 0 Å². The average molecular weight is 364 g/mol. The van der Waals surface area contributed by atoms with Gasteiger partial charge in [0.15, 0.2) is 5.69 Å². The fourth-order valence-corrected chi connectivity index (χ4v) is 2.81. The van der Waals surface area contributed by atoms with Crippen LogP contribution in [0.15, 0.2) is 64.8 Å². The Morgan fingerprint density at radius 1 is 1.07 bits per heavy atom. The summed E-state index contributed by atoms with van der Waals surface area (Å²) in [7, 11) is 0. The molecule has 2 aromatic carbocycles. The van der Waals surface area contributed by atoms with Crippen molar-refractivity contribution in [2.45, 2.75) is 26.4 Å². The number of nitrogens with one attached hydrogen (secondary N) is 1. The largest absolute Gasteiger partial charge is 0.493 e. The molecule has 0 bridgehead atoms. The van der Waals surface area contributed by atoms with Gasteiger partial charge >= 0.3 is 11.8 Å². The molecule has 3 rings (SSSR count). The van der Waals surface area contributed by atoms with Crippen LogP contribution in [0.5, 0.6) is 5.88 Å². The lowest BCUT2D eigenvalue weighted by molar-refractivity contribution is -0.137. The van der Waals surface area contributed by atoms with Crippen LogP contribution in [-0.4, -0.2) is 21.5 Å². The van der Waals surface area contributed by atoms with Crippen LogP contribution in [0, 0.1) is 0 Å². The third kappa shape index (κ3) is 4.03. The Morgan fingerprint density at radius 3 is 2.52 bits per heavy atom. The molecule has 27 heavy (non-hydrogen) atoms. The van der Waals surface area contributed by atoms with E-state index in [1.54, 1.807) is 10.6 Å². The number of hydrogen-bond acceptors (Lipinski definition) is 4. The van der Waals surface area contributed by atoms with E-state index >= 15 is 0 Å². The lowest BCUT2D eigenvalue weighted by Crippen LogP contribution is -2.29. The van der Waals surface area contributed by atoms with E-state index in [0.29, 0.717) is 11.9 Å². The standard InChI is InChI=1S/C20H20N4O3/c1-2-12-24-16-11-7-6-10-15(16)17(20(24)27)22-23-19(26)18(25)21-13-14-8-4-3-5-9-14/h3-11,27H,2,12-13H2,1H3,(H,21,25). The molecule has 1 heterocycles. The van der Waals surface area contributed by atoms with Gasteiger partial charge in [0.05, 0.1) is 5.52 Å². The van der Waals surface area contributed by atoms with Gasteiger partial charge in [0.2, 0.25) is 5.88 Å². The molecule has 0 saturated heterocycles. The zero-order chi connectivity index (χ0) is 19.2. The first kappa shape index (κ1) is 18.3. The van der Waals surface area contributed by atoms with Gasteiger partial charge < -0.3 is 15.0 Å². The van der Waals surface area contributed by atoms with Gasteiger partial charge in [-0.1, -0.05) is 55.5 Å². The van der Waals surface area contributed by atoms with E-state index in [9.17, 15) is 14.7 Å². The van der Waals surface area contributed by atoms with Crippen molar-refractivity contribution in [2.24, 2.45) is 10.2 Å². The Kier molecular flexibility index (Phi) is 5.61. The Bertz CT molecular complexity index is 993. The molecular weight excluding hydrogens is 344 g/mol. The maximum atomic E-state index is 12.0. The minimum atomic E-state index is -1.02. The highest BCUT2D eigenvalue weighted by Crippen LogP contribution is 2.38. The van der Waals surface area contributed by atoms with Gasteiger partial charge in [-0.15, -0.1) is 10.2 Å². The zero-order valence-electron chi connectivity index (χ0n) is 14.9. The summed E-state index contributed by atoms with van der Waals surface area (Å²) < 4.78 is 1.71. The average Bonchev–Trinajstić information content (AvgIpc) is 2.97. The number of nitrogens with zero attached hydrogens (tertiary/aromatic N) is 3. The number of carbonyl (C=O) groups is 2. The molecule has 0 atom stereocenters. The number of carbonyl (C=O) groups excluding carboxylic acids is 2. The molecule has 7 nitrogen and oxygen atoms in total. The normalized spacial score (nSPS) is 11.1. The molecule has 0 spiro atoms. The molecular formula is C20H20N4O3. The number of aryl methyl sites for hydroxylation is 1. The van der Waals surface area contributed by atoms with Gasteiger partial charge in [-0.2, -0.15) is 0 Å². The molecule has 1 aromatic heterocycles. The number of fused-ring (bicyclic) bond motifs is 1. The summed E-state index contributed by atoms with van der Waals surface area (Å²) in [6.45, 7) is 2.82. The minimum Gasteiger partial charge on any atom is -0.493 e. The highest BCUT2D eigenvalue weighted by molar-refractivity contribution is 6.35. The quantitative estimate of drug-likeness (QED) is 0.534. The van der Waals surface area contributed by atoms with Crippen LogP contribution in [0.1, 0.15) is 18.9 Å². The summed E-state index contributed by atoms with van der Waals surface area (Å²) in [6.07, 6.45) is 0.823. The van der Waals surface area contributed by atoms with Crippen LogP contribution in [0.3, 0.4) is 0 Å². The molecule has 2 amide bonds. The SMILES string of the molecule is CCCn1c(O)c(N=NC(=O)C(=O)NCc2ccccc2)c2ccccc21. The van der Waals surface area contributed by atoms with Crippen molar-refractivity contribution in [3.8, 4) is 5.88 Å². The van der Waals surface area contributed by atoms with Crippen LogP contribution in [0.2, 0.25) is 0 Å². The Balaban J connectivity index is 1.76. The van der Waals surface area contributed by atoms with E-state index in [1.807, 2.05) is 55.5 Å². The summed E-state index contributed by atoms with van der Waals surface area (Å²) in [4.78, 5) is 23.9. The number of aromatic hydroxyl groups is 1. The second kappa shape index (κ2) is 8.27. The molecule has 0 aliphatic carbocycles. The Morgan fingerprint density at radius 2 is 1.78 bits per heavy atom. The van der Waals surface area contributed by atoms with Crippen molar-refractivity contribution >= 4 is 28.4 Å². The summed E-state index contributed by atoms with van der Waals surface area (Å²) in [5.41, 5.74) is 1.85. The summed E-state index contributed by atoms with van der Waals surface area (Å²) >= 11 is 0. The Hall–Kier alpha value is -3.48. The minimum absolute atomic E-state index is 0.0701. The Labute approximate surface area is 156 Å². The summed E-state index contributed by atoms with van der Waals surface area (Å²) in [6, 6.07) is 16.6. The molecule has 0 aliphatic heterocycles. The van der Waals surface area contributed by atoms with E-state index in [0.717, 1.165) is 17.5 Å². The van der Waals surface area contributed by atoms with Crippen molar-refractivity contribution in [1.82, 2.24) is 9.88 Å². The second-order valence-electron chi connectivity index (χ2n) is 6.01. The highest BCUT2D eigenvalue weighted by atomic mass is 16.3. The monoisotopic (exact) mass is 364 g/mol. The molecule has 0 aliphatic rings. The van der Waals surface area contributed by atoms with Gasteiger partial charge in [-0.3, -0.25) is 9.59 Å². The van der Waals surface area contributed by atoms with Crippen molar-refractivity contribution < 1.29 is 14.7 Å². The van der Waals surface area contributed by atoms with E-state index < -0.39 is 11.8 Å². The molecule has 0 unspecified atom stereocenters.